The second kappa shape index (κ2) is 43.0. The van der Waals surface area contributed by atoms with E-state index in [1.54, 1.807) is 9.80 Å². The lowest BCUT2D eigenvalue weighted by atomic mass is 10.0. The van der Waals surface area contributed by atoms with Crippen molar-refractivity contribution in [2.75, 3.05) is 270 Å². The summed E-state index contributed by atoms with van der Waals surface area (Å²) in [6.07, 6.45) is 9.19. The lowest BCUT2D eigenvalue weighted by molar-refractivity contribution is -0.146. The molecular weight excluding hydrogens is 1150 g/mol. The molecule has 1 N–H and O–H groups in total. The van der Waals surface area contributed by atoms with Gasteiger partial charge in [-0.2, -0.15) is 0 Å². The topological polar surface area (TPSA) is 129 Å². The van der Waals surface area contributed by atoms with Crippen LogP contribution in [0.5, 0.6) is 0 Å². The van der Waals surface area contributed by atoms with Gasteiger partial charge in [-0.1, -0.05) is 55.5 Å². The first-order valence-corrected chi connectivity index (χ1v) is 34.4. The van der Waals surface area contributed by atoms with Crippen LogP contribution in [-0.2, 0) is 32.2 Å². The summed E-state index contributed by atoms with van der Waals surface area (Å²) in [5, 5.41) is 9.01. The first kappa shape index (κ1) is 79.3. The Bertz CT molecular complexity index is 2430. The normalized spacial score (nSPS) is 23.0. The lowest BCUT2D eigenvalue weighted by Crippen LogP contribution is -2.39. The quantitative estimate of drug-likeness (QED) is 0.310. The van der Waals surface area contributed by atoms with Gasteiger partial charge in [-0.25, -0.2) is 0 Å². The first-order chi connectivity index (χ1) is 43.9. The molecule has 0 radical (unpaired) electrons. The second-order valence-corrected chi connectivity index (χ2v) is 27.4. The summed E-state index contributed by atoms with van der Waals surface area (Å²) < 4.78 is 4.75. The summed E-state index contributed by atoms with van der Waals surface area (Å²) in [5.74, 6) is 1.36. The van der Waals surface area contributed by atoms with E-state index in [-0.39, 0.29) is 23.8 Å². The van der Waals surface area contributed by atoms with Crippen LogP contribution in [0.2, 0.25) is 0 Å². The molecule has 0 aromatic heterocycles. The van der Waals surface area contributed by atoms with Crippen LogP contribution in [0.15, 0.2) is 72.8 Å². The van der Waals surface area contributed by atoms with Crippen molar-refractivity contribution in [3.63, 3.8) is 0 Å². The highest BCUT2D eigenvalue weighted by atomic mass is 16.5. The number of rotatable bonds is 2. The number of likely N-dealkylation sites (N-methyl/N-ethyl adjacent to an activating group) is 12. The van der Waals surface area contributed by atoms with E-state index >= 15 is 0 Å². The van der Waals surface area contributed by atoms with Gasteiger partial charge < -0.3 is 68.6 Å². The first-order valence-electron chi connectivity index (χ1n) is 34.4. The van der Waals surface area contributed by atoms with Crippen LogP contribution < -0.4 is 19.6 Å². The van der Waals surface area contributed by atoms with E-state index in [1.807, 2.05) is 35.2 Å². The number of anilines is 4. The Morgan fingerprint density at radius 1 is 0.391 bits per heavy atom. The van der Waals surface area contributed by atoms with Gasteiger partial charge in [0.05, 0.1) is 31.6 Å². The largest absolute Gasteiger partial charge is 0.468 e. The zero-order chi connectivity index (χ0) is 67.7. The maximum Gasteiger partial charge on any atom is 0.323 e. The van der Waals surface area contributed by atoms with Gasteiger partial charge >= 0.3 is 5.97 Å². The van der Waals surface area contributed by atoms with Crippen molar-refractivity contribution in [1.29, 1.82) is 0 Å². The summed E-state index contributed by atoms with van der Waals surface area (Å²) in [5.41, 5.74) is 8.33. The van der Waals surface area contributed by atoms with Crippen LogP contribution in [0.1, 0.15) is 69.4 Å². The minimum Gasteiger partial charge on any atom is -0.468 e. The third kappa shape index (κ3) is 29.2. The van der Waals surface area contributed by atoms with Crippen LogP contribution in [0.25, 0.3) is 0 Å². The number of aliphatic hydroxyl groups is 1. The molecule has 5 fully saturated rings. The summed E-state index contributed by atoms with van der Waals surface area (Å²) in [7, 11) is 32.7. The van der Waals surface area contributed by atoms with E-state index < -0.39 is 0 Å². The molecule has 3 unspecified atom stereocenters. The molecule has 8 aliphatic heterocycles. The Balaban J connectivity index is 0.000000225. The minimum atomic E-state index is -0.113. The monoisotopic (exact) mass is 1280 g/mol. The van der Waals surface area contributed by atoms with Crippen LogP contribution in [-0.4, -0.2) is 339 Å². The Kier molecular flexibility index (Phi) is 37.1. The van der Waals surface area contributed by atoms with Gasteiger partial charge in [0, 0.05) is 177 Å². The van der Waals surface area contributed by atoms with Crippen molar-refractivity contribution in [1.82, 2.24) is 53.9 Å². The maximum atomic E-state index is 11.4. The number of carbonyl (C=O) groups excluding carboxylic acids is 3. The molecule has 0 saturated carbocycles. The molecule has 20 nitrogen and oxygen atoms in total. The van der Waals surface area contributed by atoms with Gasteiger partial charge in [0.1, 0.15) is 6.04 Å². The average Bonchev–Trinajstić information content (AvgIpc) is 1.84. The summed E-state index contributed by atoms with van der Waals surface area (Å²) >= 11 is 0. The van der Waals surface area contributed by atoms with Crippen molar-refractivity contribution < 1.29 is 24.2 Å². The number of hydrogen-bond acceptors (Lipinski definition) is 18. The van der Waals surface area contributed by atoms with Gasteiger partial charge in [0.2, 0.25) is 11.8 Å². The molecule has 522 valence electrons. The third-order valence-electron chi connectivity index (χ3n) is 19.2. The number of para-hydroxylation sites is 4. The standard InChI is InChI=1S/3C11H16N2.C9H18N2O2.C8H18N2O.C8H17N.2C7H14N2O/c1-12-8-5-9-13(2)11-7-4-3-6-10(11)12;2*1-12-7-8-13(2)11-6-4-3-5-10(11)9-12;1-10-5-4-8(9(12)13-3)11(2)7-6-10;1-9-4-3-8(7-11)10(2)6-5-9;1-8-4-3-6-9(2)7-5-8;1-8-4-3-7(10)9(2)6-5-8;1-8-4-3-5-9(2)7(10)6-8/h3-4,6-7H,5,8-9H2,1-2H3;2*3-6H,7-9H2,1-2H3;8H,4-7H2,1-3H3;8,11H,3-7H2,1-2H3;8H,3-7H2,1-2H3;2*3-6H2,1-2H3. The molecule has 3 aromatic rings. The molecule has 8 heterocycles. The highest BCUT2D eigenvalue weighted by molar-refractivity contribution is 5.78. The lowest BCUT2D eigenvalue weighted by Gasteiger charge is -2.22. The summed E-state index contributed by atoms with van der Waals surface area (Å²) in [4.78, 5) is 66.7. The van der Waals surface area contributed by atoms with Crippen molar-refractivity contribution in [3.05, 3.63) is 83.9 Å². The molecule has 3 aromatic carbocycles. The number of methoxy groups -OCH3 is 1. The molecule has 3 atom stereocenters. The highest BCUT2D eigenvalue weighted by Gasteiger charge is 2.27. The number of aliphatic hydroxyl groups excluding tert-OH is 1. The zero-order valence-corrected chi connectivity index (χ0v) is 60.9. The molecule has 0 bridgehead atoms. The van der Waals surface area contributed by atoms with E-state index in [0.717, 1.165) is 150 Å². The SMILES string of the molecule is CC1CCCN(C)CC1.CN1CCC(=O)N(C)CC1.CN1CCC(CO)N(C)CC1.CN1CCCN(C)C(=O)C1.CN1CCCN(C)c2ccccc21.CN1CCN(C)c2ccccc2C1.CN1CCN(C)c2ccccc2C1.COC(=O)C1CCN(C)CCN1C. The predicted molar refractivity (Wildman–Crippen MR) is 386 cm³/mol. The molecular formula is C72H129N15O5. The number of amides is 2. The third-order valence-corrected chi connectivity index (χ3v) is 19.2. The van der Waals surface area contributed by atoms with Gasteiger partial charge in [-0.05, 0) is 176 Å². The predicted octanol–water partition coefficient (Wildman–Crippen LogP) is 5.81. The Morgan fingerprint density at radius 3 is 1.33 bits per heavy atom. The Hall–Kier alpha value is -5.13. The number of ether oxygens (including phenoxy) is 1. The summed E-state index contributed by atoms with van der Waals surface area (Å²) in [6.45, 7) is 25.8. The highest BCUT2D eigenvalue weighted by Crippen LogP contribution is 2.30. The molecule has 20 heteroatoms. The molecule has 8 aliphatic rings. The Morgan fingerprint density at radius 2 is 0.783 bits per heavy atom. The van der Waals surface area contributed by atoms with Crippen LogP contribution >= 0.6 is 0 Å². The zero-order valence-electron chi connectivity index (χ0n) is 60.9. The smallest absolute Gasteiger partial charge is 0.323 e. The molecule has 0 spiro atoms. The molecule has 5 saturated heterocycles. The number of esters is 1. The van der Waals surface area contributed by atoms with Crippen molar-refractivity contribution >= 4 is 40.5 Å². The fourth-order valence-electron chi connectivity index (χ4n) is 12.2. The van der Waals surface area contributed by atoms with E-state index in [9.17, 15) is 14.4 Å². The molecule has 0 aliphatic carbocycles. The van der Waals surface area contributed by atoms with E-state index in [4.69, 9.17) is 9.84 Å². The van der Waals surface area contributed by atoms with Crippen molar-refractivity contribution in [2.45, 2.75) is 83.5 Å². The minimum absolute atomic E-state index is 0.0602. The number of hydrogen-bond donors (Lipinski definition) is 1. The molecule has 92 heavy (non-hydrogen) atoms. The van der Waals surface area contributed by atoms with Crippen LogP contribution in [0.3, 0.4) is 0 Å². The fourth-order valence-corrected chi connectivity index (χ4v) is 12.2. The number of carbonyl (C=O) groups is 3. The molecule has 11 rings (SSSR count). The Labute approximate surface area is 559 Å². The molecule has 2 amide bonds. The number of likely N-dealkylation sites (tertiary alicyclic amines) is 1. The van der Waals surface area contributed by atoms with Crippen LogP contribution in [0, 0.1) is 5.92 Å². The van der Waals surface area contributed by atoms with Crippen LogP contribution in [0.4, 0.5) is 22.7 Å². The average molecular weight is 1280 g/mol. The number of benzene rings is 3. The van der Waals surface area contributed by atoms with E-state index in [2.05, 4.69) is 214 Å². The maximum absolute atomic E-state index is 11.4. The van der Waals surface area contributed by atoms with Crippen molar-refractivity contribution in [3.8, 4) is 0 Å². The number of nitrogens with zero attached hydrogens (tertiary/aromatic N) is 15. The van der Waals surface area contributed by atoms with Crippen molar-refractivity contribution in [2.24, 2.45) is 5.92 Å². The number of fused-ring (bicyclic) bond motifs is 3. The summed E-state index contributed by atoms with van der Waals surface area (Å²) in [6, 6.07) is 26.2. The van der Waals surface area contributed by atoms with Gasteiger partial charge in [0.25, 0.3) is 0 Å². The van der Waals surface area contributed by atoms with Gasteiger partial charge in [-0.3, -0.25) is 29.1 Å². The second-order valence-electron chi connectivity index (χ2n) is 27.4. The van der Waals surface area contributed by atoms with E-state index in [1.165, 1.54) is 79.8 Å². The van der Waals surface area contributed by atoms with Gasteiger partial charge in [0.15, 0.2) is 0 Å². The fraction of sp³-hybridized carbons (Fsp3) is 0.708. The van der Waals surface area contributed by atoms with E-state index in [0.29, 0.717) is 25.6 Å². The van der Waals surface area contributed by atoms with Gasteiger partial charge in [-0.15, -0.1) is 0 Å².